The van der Waals surface area contributed by atoms with Crippen molar-refractivity contribution in [1.29, 1.82) is 0 Å². The summed E-state index contributed by atoms with van der Waals surface area (Å²) in [5.74, 6) is -3.41. The molecule has 0 saturated heterocycles. The van der Waals surface area contributed by atoms with Crippen molar-refractivity contribution >= 4 is 12.4 Å². The van der Waals surface area contributed by atoms with Crippen molar-refractivity contribution in [2.24, 2.45) is 5.73 Å². The molecule has 0 heterocycles. The maximum absolute atomic E-state index is 13.0. The SMILES string of the molecule is Cl.NC1CCC(O)(C(F)(F)CO)CC1. The van der Waals surface area contributed by atoms with Gasteiger partial charge in [-0.15, -0.1) is 12.4 Å². The van der Waals surface area contributed by atoms with Gasteiger partial charge in [0.25, 0.3) is 5.92 Å². The molecule has 3 nitrogen and oxygen atoms in total. The Bertz CT molecular complexity index is 184. The van der Waals surface area contributed by atoms with E-state index < -0.39 is 18.1 Å². The molecule has 0 bridgehead atoms. The van der Waals surface area contributed by atoms with Crippen LogP contribution in [0.4, 0.5) is 8.78 Å². The van der Waals surface area contributed by atoms with Crippen LogP contribution < -0.4 is 5.73 Å². The van der Waals surface area contributed by atoms with Gasteiger partial charge in [-0.3, -0.25) is 0 Å². The average molecular weight is 232 g/mol. The molecule has 1 fully saturated rings. The van der Waals surface area contributed by atoms with Gasteiger partial charge < -0.3 is 15.9 Å². The van der Waals surface area contributed by atoms with Gasteiger partial charge in [0, 0.05) is 6.04 Å². The highest BCUT2D eigenvalue weighted by Gasteiger charge is 2.52. The van der Waals surface area contributed by atoms with Gasteiger partial charge in [0.2, 0.25) is 0 Å². The minimum atomic E-state index is -3.41. The highest BCUT2D eigenvalue weighted by molar-refractivity contribution is 5.85. The smallest absolute Gasteiger partial charge is 0.298 e. The van der Waals surface area contributed by atoms with Crippen molar-refractivity contribution in [3.05, 3.63) is 0 Å². The zero-order chi connectivity index (χ0) is 10.1. The first-order chi connectivity index (χ1) is 5.91. The van der Waals surface area contributed by atoms with E-state index in [1.165, 1.54) is 0 Å². The number of halogens is 3. The van der Waals surface area contributed by atoms with E-state index in [1.807, 2.05) is 0 Å². The number of hydrogen-bond donors (Lipinski definition) is 3. The minimum absolute atomic E-state index is 0. The molecule has 4 N–H and O–H groups in total. The predicted molar refractivity (Wildman–Crippen MR) is 50.7 cm³/mol. The van der Waals surface area contributed by atoms with Crippen molar-refractivity contribution in [1.82, 2.24) is 0 Å². The Morgan fingerprint density at radius 3 is 2.14 bits per heavy atom. The van der Waals surface area contributed by atoms with E-state index >= 15 is 0 Å². The fraction of sp³-hybridized carbons (Fsp3) is 1.00. The summed E-state index contributed by atoms with van der Waals surface area (Å²) in [4.78, 5) is 0. The second-order valence-electron chi connectivity index (χ2n) is 3.73. The molecule has 1 aliphatic rings. The fourth-order valence-corrected chi connectivity index (χ4v) is 1.63. The Labute approximate surface area is 87.7 Å². The standard InChI is InChI=1S/C8H15F2NO2.ClH/c9-8(10,5-12)7(13)3-1-6(11)2-4-7;/h6,12-13H,1-5,11H2;1H. The molecule has 6 heteroatoms. The molecule has 0 unspecified atom stereocenters. The number of hydrogen-bond acceptors (Lipinski definition) is 3. The number of alkyl halides is 2. The molecule has 1 saturated carbocycles. The first-order valence-electron chi connectivity index (χ1n) is 4.38. The van der Waals surface area contributed by atoms with Crippen LogP contribution in [0.25, 0.3) is 0 Å². The van der Waals surface area contributed by atoms with E-state index in [9.17, 15) is 13.9 Å². The van der Waals surface area contributed by atoms with Crippen molar-refractivity contribution in [3.63, 3.8) is 0 Å². The van der Waals surface area contributed by atoms with Gasteiger partial charge in [0.15, 0.2) is 0 Å². The largest absolute Gasteiger partial charge is 0.390 e. The normalized spacial score (nSPS) is 33.6. The van der Waals surface area contributed by atoms with Crippen LogP contribution in [0.3, 0.4) is 0 Å². The van der Waals surface area contributed by atoms with E-state index in [-0.39, 0.29) is 31.3 Å². The molecule has 0 radical (unpaired) electrons. The van der Waals surface area contributed by atoms with Gasteiger partial charge in [0.05, 0.1) is 0 Å². The summed E-state index contributed by atoms with van der Waals surface area (Å²) in [6.07, 6.45) is 0.682. The summed E-state index contributed by atoms with van der Waals surface area (Å²) >= 11 is 0. The molecule has 0 aromatic carbocycles. The molecule has 0 atom stereocenters. The Kier molecular flexibility index (Phi) is 4.71. The van der Waals surface area contributed by atoms with Crippen molar-refractivity contribution < 1.29 is 19.0 Å². The quantitative estimate of drug-likeness (QED) is 0.655. The Hall–Kier alpha value is 0.0300. The lowest BCUT2D eigenvalue weighted by Gasteiger charge is -2.39. The molecule has 0 aromatic rings. The summed E-state index contributed by atoms with van der Waals surface area (Å²) in [5.41, 5.74) is 3.46. The third-order valence-corrected chi connectivity index (χ3v) is 2.74. The molecular weight excluding hydrogens is 216 g/mol. The van der Waals surface area contributed by atoms with Crippen LogP contribution >= 0.6 is 12.4 Å². The Balaban J connectivity index is 0.00000169. The maximum atomic E-state index is 13.0. The zero-order valence-corrected chi connectivity index (χ0v) is 8.57. The van der Waals surface area contributed by atoms with Gasteiger partial charge in [-0.2, -0.15) is 0 Å². The van der Waals surface area contributed by atoms with Crippen molar-refractivity contribution in [3.8, 4) is 0 Å². The molecule has 0 amide bonds. The summed E-state index contributed by atoms with van der Waals surface area (Å²) in [7, 11) is 0. The Morgan fingerprint density at radius 1 is 1.36 bits per heavy atom. The maximum Gasteiger partial charge on any atom is 0.298 e. The third-order valence-electron chi connectivity index (χ3n) is 2.74. The number of nitrogens with two attached hydrogens (primary N) is 1. The van der Waals surface area contributed by atoms with Crippen LogP contribution in [0.2, 0.25) is 0 Å². The molecule has 0 aliphatic heterocycles. The number of aliphatic hydroxyl groups is 2. The summed E-state index contributed by atoms with van der Waals surface area (Å²) in [6, 6.07) is -0.102. The van der Waals surface area contributed by atoms with E-state index in [4.69, 9.17) is 10.8 Å². The van der Waals surface area contributed by atoms with E-state index in [0.29, 0.717) is 12.8 Å². The van der Waals surface area contributed by atoms with E-state index in [0.717, 1.165) is 0 Å². The van der Waals surface area contributed by atoms with Gasteiger partial charge >= 0.3 is 0 Å². The molecular formula is C8H16ClF2NO2. The summed E-state index contributed by atoms with van der Waals surface area (Å²) < 4.78 is 26.0. The summed E-state index contributed by atoms with van der Waals surface area (Å²) in [5, 5.41) is 18.0. The van der Waals surface area contributed by atoms with Crippen molar-refractivity contribution in [2.45, 2.75) is 43.2 Å². The molecule has 1 aliphatic carbocycles. The van der Waals surface area contributed by atoms with Crippen LogP contribution in [0.5, 0.6) is 0 Å². The molecule has 0 aromatic heterocycles. The lowest BCUT2D eigenvalue weighted by molar-refractivity contribution is -0.213. The van der Waals surface area contributed by atoms with Crippen LogP contribution in [0.15, 0.2) is 0 Å². The van der Waals surface area contributed by atoms with Crippen LogP contribution in [-0.4, -0.2) is 34.4 Å². The molecule has 14 heavy (non-hydrogen) atoms. The van der Waals surface area contributed by atoms with Crippen molar-refractivity contribution in [2.75, 3.05) is 6.61 Å². The van der Waals surface area contributed by atoms with Crippen LogP contribution in [0.1, 0.15) is 25.7 Å². The molecule has 86 valence electrons. The highest BCUT2D eigenvalue weighted by atomic mass is 35.5. The van der Waals surface area contributed by atoms with E-state index in [1.54, 1.807) is 0 Å². The van der Waals surface area contributed by atoms with Gasteiger partial charge in [-0.25, -0.2) is 8.78 Å². The topological polar surface area (TPSA) is 66.5 Å². The second-order valence-corrected chi connectivity index (χ2v) is 3.73. The minimum Gasteiger partial charge on any atom is -0.390 e. The predicted octanol–water partition coefficient (Wildman–Crippen LogP) is 0.668. The number of rotatable bonds is 2. The van der Waals surface area contributed by atoms with Gasteiger partial charge in [0.1, 0.15) is 12.2 Å². The molecule has 1 rings (SSSR count). The molecule has 0 spiro atoms. The van der Waals surface area contributed by atoms with Crippen LogP contribution in [0, 0.1) is 0 Å². The monoisotopic (exact) mass is 231 g/mol. The average Bonchev–Trinajstić information content (AvgIpc) is 2.10. The first kappa shape index (κ1) is 14.0. The lowest BCUT2D eigenvalue weighted by Crippen LogP contribution is -2.53. The second kappa shape index (κ2) is 4.70. The van der Waals surface area contributed by atoms with E-state index in [2.05, 4.69) is 0 Å². The highest BCUT2D eigenvalue weighted by Crippen LogP contribution is 2.39. The van der Waals surface area contributed by atoms with Gasteiger partial charge in [-0.05, 0) is 25.7 Å². The number of aliphatic hydroxyl groups excluding tert-OH is 1. The van der Waals surface area contributed by atoms with Gasteiger partial charge in [-0.1, -0.05) is 0 Å². The third kappa shape index (κ3) is 2.53. The summed E-state index contributed by atoms with van der Waals surface area (Å²) in [6.45, 7) is -1.31. The fourth-order valence-electron chi connectivity index (χ4n) is 1.63. The first-order valence-corrected chi connectivity index (χ1v) is 4.38. The zero-order valence-electron chi connectivity index (χ0n) is 7.75. The van der Waals surface area contributed by atoms with Crippen LogP contribution in [-0.2, 0) is 0 Å². The Morgan fingerprint density at radius 2 is 1.79 bits per heavy atom. The lowest BCUT2D eigenvalue weighted by atomic mass is 9.78.